The molecule has 0 aliphatic rings. The second-order valence-electron chi connectivity index (χ2n) is 5.95. The van der Waals surface area contributed by atoms with Gasteiger partial charge in [-0.3, -0.25) is 4.79 Å². The Hall–Kier alpha value is -1.55. The summed E-state index contributed by atoms with van der Waals surface area (Å²) in [5, 5.41) is 0. The monoisotopic (exact) mass is 336 g/mol. The van der Waals surface area contributed by atoms with Gasteiger partial charge in [0.25, 0.3) is 0 Å². The molecule has 0 radical (unpaired) electrons. The van der Waals surface area contributed by atoms with E-state index in [1.165, 1.54) is 51.2 Å². The second kappa shape index (κ2) is 13.8. The highest BCUT2D eigenvalue weighted by Gasteiger charge is 2.00. The molecule has 0 aliphatic carbocycles. The van der Waals surface area contributed by atoms with Crippen LogP contribution in [-0.4, -0.2) is 32.9 Å². The van der Waals surface area contributed by atoms with Crippen molar-refractivity contribution in [3.05, 3.63) is 29.8 Å². The lowest BCUT2D eigenvalue weighted by atomic mass is 10.0. The van der Waals surface area contributed by atoms with Crippen LogP contribution in [0.5, 0.6) is 5.75 Å². The molecule has 0 spiro atoms. The molecule has 1 rings (SSSR count). The first-order valence-electron chi connectivity index (χ1n) is 9.12. The van der Waals surface area contributed by atoms with Crippen LogP contribution in [0.2, 0.25) is 0 Å². The molecule has 4 heteroatoms. The van der Waals surface area contributed by atoms with Crippen LogP contribution in [0.25, 0.3) is 0 Å². The van der Waals surface area contributed by atoms with Crippen LogP contribution < -0.4 is 4.74 Å². The van der Waals surface area contributed by atoms with Gasteiger partial charge in [-0.15, -0.1) is 0 Å². The molecule has 24 heavy (non-hydrogen) atoms. The average molecular weight is 336 g/mol. The van der Waals surface area contributed by atoms with Crippen molar-refractivity contribution in [3.63, 3.8) is 0 Å². The largest absolute Gasteiger partial charge is 0.491 e. The zero-order valence-electron chi connectivity index (χ0n) is 15.2. The molecule has 0 atom stereocenters. The molecule has 0 heterocycles. The minimum Gasteiger partial charge on any atom is -0.491 e. The summed E-state index contributed by atoms with van der Waals surface area (Å²) < 4.78 is 15.5. The van der Waals surface area contributed by atoms with Gasteiger partial charge in [0.05, 0.1) is 26.7 Å². The van der Waals surface area contributed by atoms with E-state index in [2.05, 4.69) is 23.8 Å². The molecule has 0 saturated heterocycles. The molecule has 0 bridgehead atoms. The molecule has 0 aromatic heterocycles. The van der Waals surface area contributed by atoms with E-state index in [0.29, 0.717) is 19.8 Å². The van der Waals surface area contributed by atoms with Crippen molar-refractivity contribution in [1.29, 1.82) is 0 Å². The van der Waals surface area contributed by atoms with E-state index in [1.807, 2.05) is 12.1 Å². The predicted molar refractivity (Wildman–Crippen MR) is 96.5 cm³/mol. The molecule has 0 N–H and O–H groups in total. The number of aryl methyl sites for hydroxylation is 1. The van der Waals surface area contributed by atoms with Gasteiger partial charge < -0.3 is 14.2 Å². The molecule has 0 amide bonds. The summed E-state index contributed by atoms with van der Waals surface area (Å²) >= 11 is 0. The van der Waals surface area contributed by atoms with Crippen LogP contribution in [0.15, 0.2) is 24.3 Å². The Kier molecular flexibility index (Phi) is 11.8. The third kappa shape index (κ3) is 10.3. The molecule has 0 unspecified atom stereocenters. The maximum atomic E-state index is 10.9. The third-order valence-corrected chi connectivity index (χ3v) is 3.92. The average Bonchev–Trinajstić information content (AvgIpc) is 2.61. The standard InChI is InChI=1S/C20H32O4/c1-3-4-5-6-7-8-9-18-10-12-19(13-11-18)24-17-16-23-15-14-20(21)22-2/h10-13H,3-9,14-17H2,1-2H3. The van der Waals surface area contributed by atoms with Crippen molar-refractivity contribution in [2.75, 3.05) is 26.9 Å². The van der Waals surface area contributed by atoms with E-state index >= 15 is 0 Å². The highest BCUT2D eigenvalue weighted by atomic mass is 16.5. The summed E-state index contributed by atoms with van der Waals surface area (Å²) in [5.41, 5.74) is 1.37. The first-order chi connectivity index (χ1) is 11.8. The molecule has 1 aromatic rings. The van der Waals surface area contributed by atoms with E-state index in [1.54, 1.807) is 0 Å². The molecular formula is C20H32O4. The summed E-state index contributed by atoms with van der Waals surface area (Å²) in [4.78, 5) is 10.9. The van der Waals surface area contributed by atoms with E-state index in [4.69, 9.17) is 9.47 Å². The fourth-order valence-electron chi connectivity index (χ4n) is 2.44. The number of carbonyl (C=O) groups excluding carboxylic acids is 1. The Bertz CT molecular complexity index is 428. The van der Waals surface area contributed by atoms with Gasteiger partial charge in [-0.25, -0.2) is 0 Å². The number of esters is 1. The van der Waals surface area contributed by atoms with E-state index in [-0.39, 0.29) is 12.4 Å². The summed E-state index contributed by atoms with van der Waals surface area (Å²) in [7, 11) is 1.38. The van der Waals surface area contributed by atoms with Crippen molar-refractivity contribution < 1.29 is 19.0 Å². The van der Waals surface area contributed by atoms with Gasteiger partial charge in [0.1, 0.15) is 12.4 Å². The van der Waals surface area contributed by atoms with Crippen LogP contribution in [0, 0.1) is 0 Å². The van der Waals surface area contributed by atoms with Gasteiger partial charge >= 0.3 is 5.97 Å². The summed E-state index contributed by atoms with van der Waals surface area (Å²) in [6.07, 6.45) is 9.39. The molecular weight excluding hydrogens is 304 g/mol. The lowest BCUT2D eigenvalue weighted by Crippen LogP contribution is -2.10. The number of carbonyl (C=O) groups is 1. The van der Waals surface area contributed by atoms with Crippen molar-refractivity contribution in [2.24, 2.45) is 0 Å². The van der Waals surface area contributed by atoms with Gasteiger partial charge in [0, 0.05) is 0 Å². The molecule has 0 fully saturated rings. The molecule has 1 aromatic carbocycles. The van der Waals surface area contributed by atoms with Crippen LogP contribution in [0.1, 0.15) is 57.4 Å². The first-order valence-corrected chi connectivity index (χ1v) is 9.12. The Morgan fingerprint density at radius 1 is 0.917 bits per heavy atom. The van der Waals surface area contributed by atoms with Crippen LogP contribution in [-0.2, 0) is 20.7 Å². The quantitative estimate of drug-likeness (QED) is 0.369. The van der Waals surface area contributed by atoms with Crippen LogP contribution >= 0.6 is 0 Å². The van der Waals surface area contributed by atoms with Crippen molar-refractivity contribution in [3.8, 4) is 5.75 Å². The van der Waals surface area contributed by atoms with Crippen LogP contribution in [0.3, 0.4) is 0 Å². The maximum Gasteiger partial charge on any atom is 0.307 e. The van der Waals surface area contributed by atoms with Gasteiger partial charge in [-0.1, -0.05) is 51.2 Å². The lowest BCUT2D eigenvalue weighted by molar-refractivity contribution is -0.141. The van der Waals surface area contributed by atoms with Crippen LogP contribution in [0.4, 0.5) is 0 Å². The summed E-state index contributed by atoms with van der Waals surface area (Å²) in [6.45, 7) is 3.57. The van der Waals surface area contributed by atoms with Crippen molar-refractivity contribution in [1.82, 2.24) is 0 Å². The molecule has 0 aliphatic heterocycles. The number of unbranched alkanes of at least 4 members (excludes halogenated alkanes) is 5. The molecule has 136 valence electrons. The number of hydrogen-bond acceptors (Lipinski definition) is 4. The number of benzene rings is 1. The minimum atomic E-state index is -0.253. The molecule has 0 saturated carbocycles. The van der Waals surface area contributed by atoms with E-state index in [0.717, 1.165) is 12.2 Å². The SMILES string of the molecule is CCCCCCCCc1ccc(OCCOCCC(=O)OC)cc1. The Morgan fingerprint density at radius 3 is 2.33 bits per heavy atom. The topological polar surface area (TPSA) is 44.8 Å². The Balaban J connectivity index is 2.06. The summed E-state index contributed by atoms with van der Waals surface area (Å²) in [6, 6.07) is 8.31. The lowest BCUT2D eigenvalue weighted by Gasteiger charge is -2.08. The number of ether oxygens (including phenoxy) is 3. The maximum absolute atomic E-state index is 10.9. The van der Waals surface area contributed by atoms with Gasteiger partial charge in [0.2, 0.25) is 0 Å². The second-order valence-corrected chi connectivity index (χ2v) is 5.95. The zero-order chi connectivity index (χ0) is 17.5. The Morgan fingerprint density at radius 2 is 1.62 bits per heavy atom. The highest BCUT2D eigenvalue weighted by Crippen LogP contribution is 2.15. The number of methoxy groups -OCH3 is 1. The number of hydrogen-bond donors (Lipinski definition) is 0. The third-order valence-electron chi connectivity index (χ3n) is 3.92. The predicted octanol–water partition coefficient (Wildman–Crippen LogP) is 4.55. The van der Waals surface area contributed by atoms with Gasteiger partial charge in [0.15, 0.2) is 0 Å². The fourth-order valence-corrected chi connectivity index (χ4v) is 2.44. The fraction of sp³-hybridized carbons (Fsp3) is 0.650. The van der Waals surface area contributed by atoms with Gasteiger partial charge in [-0.2, -0.15) is 0 Å². The molecule has 4 nitrogen and oxygen atoms in total. The van der Waals surface area contributed by atoms with Crippen molar-refractivity contribution >= 4 is 5.97 Å². The van der Waals surface area contributed by atoms with Gasteiger partial charge in [-0.05, 0) is 30.5 Å². The first kappa shape index (κ1) is 20.5. The van der Waals surface area contributed by atoms with Crippen molar-refractivity contribution in [2.45, 2.75) is 58.3 Å². The normalized spacial score (nSPS) is 10.6. The zero-order valence-corrected chi connectivity index (χ0v) is 15.2. The van der Waals surface area contributed by atoms with E-state index in [9.17, 15) is 4.79 Å². The number of rotatable bonds is 14. The minimum absolute atomic E-state index is 0.253. The highest BCUT2D eigenvalue weighted by molar-refractivity contribution is 5.69. The summed E-state index contributed by atoms with van der Waals surface area (Å²) in [5.74, 6) is 0.607. The Labute approximate surface area is 146 Å². The smallest absolute Gasteiger partial charge is 0.307 e. The van der Waals surface area contributed by atoms with E-state index < -0.39 is 0 Å².